The van der Waals surface area contributed by atoms with E-state index in [0.29, 0.717) is 13.1 Å². The Hall–Kier alpha value is -1.00. The summed E-state index contributed by atoms with van der Waals surface area (Å²) >= 11 is 0. The summed E-state index contributed by atoms with van der Waals surface area (Å²) in [5.74, 6) is -2.79. The van der Waals surface area contributed by atoms with E-state index in [1.807, 2.05) is 0 Å². The Kier molecular flexibility index (Phi) is 3.21. The van der Waals surface area contributed by atoms with Gasteiger partial charge in [-0.15, -0.1) is 0 Å². The van der Waals surface area contributed by atoms with Gasteiger partial charge in [0.05, 0.1) is 6.54 Å². The summed E-state index contributed by atoms with van der Waals surface area (Å²) in [5, 5.41) is 0. The maximum atomic E-state index is 13.9. The van der Waals surface area contributed by atoms with Crippen molar-refractivity contribution >= 4 is 0 Å². The van der Waals surface area contributed by atoms with Crippen LogP contribution in [0.25, 0.3) is 0 Å². The second-order valence-electron chi connectivity index (χ2n) is 4.35. The molecule has 0 aromatic heterocycles. The van der Waals surface area contributed by atoms with Crippen molar-refractivity contribution in [2.24, 2.45) is 5.73 Å². The first-order chi connectivity index (χ1) is 7.58. The minimum atomic E-state index is -2.79. The van der Waals surface area contributed by atoms with Crippen molar-refractivity contribution in [2.45, 2.75) is 18.4 Å². The zero-order valence-corrected chi connectivity index (χ0v) is 9.07. The van der Waals surface area contributed by atoms with E-state index >= 15 is 0 Å². The van der Waals surface area contributed by atoms with Gasteiger partial charge in [-0.05, 0) is 13.0 Å². The number of nitrogens with zero attached hydrogens (tertiary/aromatic N) is 1. The van der Waals surface area contributed by atoms with Gasteiger partial charge in [-0.2, -0.15) is 8.78 Å². The Morgan fingerprint density at radius 1 is 1.31 bits per heavy atom. The minimum Gasteiger partial charge on any atom is -0.326 e. The standard InChI is InChI=1S/C12H16F2N2/c13-12(14,10-4-2-1-3-5-10)9-16-7-6-11(15)8-16/h1-5,11H,6-9,15H2/t11-/m0/s1. The van der Waals surface area contributed by atoms with Crippen molar-refractivity contribution in [1.29, 1.82) is 0 Å². The molecule has 0 saturated carbocycles. The lowest BCUT2D eigenvalue weighted by molar-refractivity contribution is -0.0329. The molecule has 2 rings (SSSR count). The zero-order valence-electron chi connectivity index (χ0n) is 9.07. The van der Waals surface area contributed by atoms with Crippen LogP contribution in [0.4, 0.5) is 8.78 Å². The van der Waals surface area contributed by atoms with Crippen LogP contribution in [0.2, 0.25) is 0 Å². The molecular formula is C12H16F2N2. The molecule has 0 unspecified atom stereocenters. The Bertz CT molecular complexity index is 340. The summed E-state index contributed by atoms with van der Waals surface area (Å²) in [6, 6.07) is 8.00. The maximum absolute atomic E-state index is 13.9. The van der Waals surface area contributed by atoms with E-state index in [1.165, 1.54) is 12.1 Å². The Balaban J connectivity index is 2.03. The van der Waals surface area contributed by atoms with E-state index in [4.69, 9.17) is 5.73 Å². The highest BCUT2D eigenvalue weighted by molar-refractivity contribution is 5.20. The van der Waals surface area contributed by atoms with Crippen molar-refractivity contribution in [3.63, 3.8) is 0 Å². The van der Waals surface area contributed by atoms with Gasteiger partial charge < -0.3 is 5.73 Å². The molecule has 1 aliphatic rings. The molecule has 1 aliphatic heterocycles. The van der Waals surface area contributed by atoms with Gasteiger partial charge in [0.1, 0.15) is 0 Å². The van der Waals surface area contributed by atoms with Gasteiger partial charge in [-0.25, -0.2) is 0 Å². The first-order valence-corrected chi connectivity index (χ1v) is 5.49. The summed E-state index contributed by atoms with van der Waals surface area (Å²) in [5.41, 5.74) is 5.78. The number of likely N-dealkylation sites (tertiary alicyclic amines) is 1. The third kappa shape index (κ3) is 2.57. The van der Waals surface area contributed by atoms with Gasteiger partial charge in [0, 0.05) is 18.2 Å². The fourth-order valence-corrected chi connectivity index (χ4v) is 2.06. The number of nitrogens with two attached hydrogens (primary N) is 1. The Labute approximate surface area is 94.0 Å². The molecule has 0 aliphatic carbocycles. The molecule has 2 N–H and O–H groups in total. The number of alkyl halides is 2. The van der Waals surface area contributed by atoms with Crippen LogP contribution in [0, 0.1) is 0 Å². The average Bonchev–Trinajstić information content (AvgIpc) is 2.64. The van der Waals surface area contributed by atoms with Crippen LogP contribution in [0.15, 0.2) is 30.3 Å². The van der Waals surface area contributed by atoms with Crippen LogP contribution in [-0.2, 0) is 5.92 Å². The van der Waals surface area contributed by atoms with E-state index in [1.54, 1.807) is 23.1 Å². The van der Waals surface area contributed by atoms with Gasteiger partial charge in [-0.1, -0.05) is 30.3 Å². The highest BCUT2D eigenvalue weighted by Gasteiger charge is 2.35. The molecule has 1 atom stereocenters. The average molecular weight is 226 g/mol. The van der Waals surface area contributed by atoms with Crippen LogP contribution in [0.3, 0.4) is 0 Å². The topological polar surface area (TPSA) is 29.3 Å². The largest absolute Gasteiger partial charge is 0.326 e. The smallest absolute Gasteiger partial charge is 0.285 e. The van der Waals surface area contributed by atoms with Crippen LogP contribution in [0.1, 0.15) is 12.0 Å². The van der Waals surface area contributed by atoms with E-state index in [2.05, 4.69) is 0 Å². The molecule has 0 spiro atoms. The lowest BCUT2D eigenvalue weighted by atomic mass is 10.1. The van der Waals surface area contributed by atoms with E-state index in [0.717, 1.165) is 6.42 Å². The van der Waals surface area contributed by atoms with E-state index in [9.17, 15) is 8.78 Å². The molecule has 1 fully saturated rings. The predicted molar refractivity (Wildman–Crippen MR) is 59.4 cm³/mol. The molecule has 0 amide bonds. The van der Waals surface area contributed by atoms with Crippen molar-refractivity contribution in [3.8, 4) is 0 Å². The van der Waals surface area contributed by atoms with Crippen LogP contribution in [0.5, 0.6) is 0 Å². The molecule has 1 aromatic rings. The highest BCUT2D eigenvalue weighted by Crippen LogP contribution is 2.29. The third-order valence-corrected chi connectivity index (χ3v) is 2.93. The summed E-state index contributed by atoms with van der Waals surface area (Å²) in [6.07, 6.45) is 0.810. The summed E-state index contributed by atoms with van der Waals surface area (Å²) in [6.45, 7) is 1.01. The van der Waals surface area contributed by atoms with E-state index < -0.39 is 5.92 Å². The van der Waals surface area contributed by atoms with Gasteiger partial charge in [0.2, 0.25) is 0 Å². The Morgan fingerprint density at radius 3 is 2.56 bits per heavy atom. The first-order valence-electron chi connectivity index (χ1n) is 5.49. The maximum Gasteiger partial charge on any atom is 0.285 e. The highest BCUT2D eigenvalue weighted by atomic mass is 19.3. The van der Waals surface area contributed by atoms with E-state index in [-0.39, 0.29) is 18.2 Å². The predicted octanol–water partition coefficient (Wildman–Crippen LogP) is 1.81. The number of hydrogen-bond donors (Lipinski definition) is 1. The lowest BCUT2D eigenvalue weighted by Gasteiger charge is -2.23. The van der Waals surface area contributed by atoms with Crippen molar-refractivity contribution in [3.05, 3.63) is 35.9 Å². The van der Waals surface area contributed by atoms with Gasteiger partial charge in [-0.3, -0.25) is 4.90 Å². The fourth-order valence-electron chi connectivity index (χ4n) is 2.06. The summed E-state index contributed by atoms with van der Waals surface area (Å²) < 4.78 is 27.7. The molecule has 0 radical (unpaired) electrons. The molecule has 1 saturated heterocycles. The number of benzene rings is 1. The van der Waals surface area contributed by atoms with Crippen molar-refractivity contribution < 1.29 is 8.78 Å². The number of rotatable bonds is 3. The van der Waals surface area contributed by atoms with Crippen molar-refractivity contribution in [2.75, 3.05) is 19.6 Å². The van der Waals surface area contributed by atoms with Crippen LogP contribution in [-0.4, -0.2) is 30.6 Å². The Morgan fingerprint density at radius 2 is 2.00 bits per heavy atom. The third-order valence-electron chi connectivity index (χ3n) is 2.93. The van der Waals surface area contributed by atoms with Crippen molar-refractivity contribution in [1.82, 2.24) is 4.90 Å². The summed E-state index contributed by atoms with van der Waals surface area (Å²) in [4.78, 5) is 1.73. The molecule has 1 aromatic carbocycles. The number of hydrogen-bond acceptors (Lipinski definition) is 2. The molecule has 1 heterocycles. The normalized spacial score (nSPS) is 22.6. The molecule has 2 nitrogen and oxygen atoms in total. The summed E-state index contributed by atoms with van der Waals surface area (Å²) in [7, 11) is 0. The quantitative estimate of drug-likeness (QED) is 0.851. The second kappa shape index (κ2) is 4.47. The lowest BCUT2D eigenvalue weighted by Crippen LogP contribution is -2.35. The van der Waals surface area contributed by atoms with Gasteiger partial charge >= 0.3 is 0 Å². The monoisotopic (exact) mass is 226 g/mol. The second-order valence-corrected chi connectivity index (χ2v) is 4.35. The molecule has 16 heavy (non-hydrogen) atoms. The van der Waals surface area contributed by atoms with Crippen LogP contribution >= 0.6 is 0 Å². The van der Waals surface area contributed by atoms with Crippen LogP contribution < -0.4 is 5.73 Å². The van der Waals surface area contributed by atoms with Gasteiger partial charge in [0.15, 0.2) is 0 Å². The zero-order chi connectivity index (χ0) is 11.6. The van der Waals surface area contributed by atoms with Gasteiger partial charge in [0.25, 0.3) is 5.92 Å². The molecular weight excluding hydrogens is 210 g/mol. The number of halogens is 2. The fraction of sp³-hybridized carbons (Fsp3) is 0.500. The minimum absolute atomic E-state index is 0.0478. The molecule has 88 valence electrons. The SMILES string of the molecule is N[C@H]1CCN(CC(F)(F)c2ccccc2)C1. The molecule has 0 bridgehead atoms. The first kappa shape index (κ1) is 11.5. The molecule has 4 heteroatoms.